The zero-order valence-electron chi connectivity index (χ0n) is 15.5. The van der Waals surface area contributed by atoms with Crippen molar-refractivity contribution in [1.29, 1.82) is 0 Å². The van der Waals surface area contributed by atoms with Crippen LogP contribution in [0, 0.1) is 13.8 Å². The summed E-state index contributed by atoms with van der Waals surface area (Å²) >= 11 is 5.89. The zero-order chi connectivity index (χ0) is 19.1. The predicted octanol–water partition coefficient (Wildman–Crippen LogP) is 4.38. The molecule has 0 fully saturated rings. The minimum absolute atomic E-state index is 0.0294. The fourth-order valence-corrected chi connectivity index (χ4v) is 2.87. The Morgan fingerprint density at radius 3 is 2.35 bits per heavy atom. The molecule has 5 heteroatoms. The van der Waals surface area contributed by atoms with Gasteiger partial charge in [-0.3, -0.25) is 9.59 Å². The number of carbonyl (C=O) groups excluding carboxylic acids is 2. The van der Waals surface area contributed by atoms with Crippen LogP contribution in [-0.2, 0) is 16.0 Å². The number of anilines is 1. The SMILES string of the molecule is CC(=O)N(CCC(=O)Nc1ccc(C)cc1C)CCc1ccc(Cl)cc1. The zero-order valence-corrected chi connectivity index (χ0v) is 16.3. The van der Waals surface area contributed by atoms with Crippen molar-refractivity contribution in [3.8, 4) is 0 Å². The molecular formula is C21H25ClN2O2. The maximum Gasteiger partial charge on any atom is 0.226 e. The first kappa shape index (κ1) is 20.0. The van der Waals surface area contributed by atoms with E-state index in [2.05, 4.69) is 5.32 Å². The molecule has 2 aromatic carbocycles. The summed E-state index contributed by atoms with van der Waals surface area (Å²) in [6.07, 6.45) is 1.00. The Labute approximate surface area is 160 Å². The Hall–Kier alpha value is -2.33. The molecule has 2 amide bonds. The predicted molar refractivity (Wildman–Crippen MR) is 107 cm³/mol. The van der Waals surface area contributed by atoms with Gasteiger partial charge in [0, 0.05) is 37.1 Å². The first-order chi connectivity index (χ1) is 12.3. The highest BCUT2D eigenvalue weighted by Crippen LogP contribution is 2.16. The molecule has 2 rings (SSSR count). The summed E-state index contributed by atoms with van der Waals surface area (Å²) < 4.78 is 0. The first-order valence-electron chi connectivity index (χ1n) is 8.72. The highest BCUT2D eigenvalue weighted by atomic mass is 35.5. The first-order valence-corrected chi connectivity index (χ1v) is 9.10. The van der Waals surface area contributed by atoms with Crippen molar-refractivity contribution >= 4 is 29.1 Å². The number of hydrogen-bond donors (Lipinski definition) is 1. The molecule has 2 aromatic rings. The van der Waals surface area contributed by atoms with Crippen molar-refractivity contribution in [2.24, 2.45) is 0 Å². The van der Waals surface area contributed by atoms with Crippen LogP contribution in [0.15, 0.2) is 42.5 Å². The Balaban J connectivity index is 1.86. The van der Waals surface area contributed by atoms with Gasteiger partial charge in [0.05, 0.1) is 0 Å². The maximum absolute atomic E-state index is 12.2. The summed E-state index contributed by atoms with van der Waals surface area (Å²) in [7, 11) is 0. The Morgan fingerprint density at radius 2 is 1.73 bits per heavy atom. The number of rotatable bonds is 7. The summed E-state index contributed by atoms with van der Waals surface area (Å²) in [4.78, 5) is 25.8. The third-order valence-electron chi connectivity index (χ3n) is 4.29. The summed E-state index contributed by atoms with van der Waals surface area (Å²) in [6.45, 7) is 6.50. The molecule has 0 aliphatic carbocycles. The van der Waals surface area contributed by atoms with Crippen molar-refractivity contribution in [3.63, 3.8) is 0 Å². The third-order valence-corrected chi connectivity index (χ3v) is 4.55. The second-order valence-electron chi connectivity index (χ2n) is 6.50. The van der Waals surface area contributed by atoms with E-state index in [9.17, 15) is 9.59 Å². The smallest absolute Gasteiger partial charge is 0.226 e. The Bertz CT molecular complexity index is 772. The lowest BCUT2D eigenvalue weighted by Gasteiger charge is -2.21. The molecule has 0 saturated carbocycles. The van der Waals surface area contributed by atoms with Crippen LogP contribution in [0.4, 0.5) is 5.69 Å². The molecular weight excluding hydrogens is 348 g/mol. The average Bonchev–Trinajstić information content (AvgIpc) is 2.58. The number of nitrogens with zero attached hydrogens (tertiary/aromatic N) is 1. The van der Waals surface area contributed by atoms with Gasteiger partial charge < -0.3 is 10.2 Å². The molecule has 4 nitrogen and oxygen atoms in total. The van der Waals surface area contributed by atoms with E-state index < -0.39 is 0 Å². The van der Waals surface area contributed by atoms with Crippen LogP contribution in [0.25, 0.3) is 0 Å². The monoisotopic (exact) mass is 372 g/mol. The lowest BCUT2D eigenvalue weighted by Crippen LogP contribution is -2.33. The number of amides is 2. The number of aryl methyl sites for hydroxylation is 2. The molecule has 0 saturated heterocycles. The molecule has 0 aromatic heterocycles. The van der Waals surface area contributed by atoms with Crippen molar-refractivity contribution in [1.82, 2.24) is 4.90 Å². The third kappa shape index (κ3) is 6.19. The highest BCUT2D eigenvalue weighted by Gasteiger charge is 2.12. The van der Waals surface area contributed by atoms with Crippen LogP contribution in [0.3, 0.4) is 0 Å². The number of nitrogens with one attached hydrogen (secondary N) is 1. The van der Waals surface area contributed by atoms with Gasteiger partial charge in [-0.25, -0.2) is 0 Å². The van der Waals surface area contributed by atoms with Crippen molar-refractivity contribution in [3.05, 3.63) is 64.2 Å². The number of halogens is 1. The van der Waals surface area contributed by atoms with Crippen LogP contribution >= 0.6 is 11.6 Å². The van der Waals surface area contributed by atoms with Gasteiger partial charge in [-0.2, -0.15) is 0 Å². The molecule has 0 aliphatic rings. The van der Waals surface area contributed by atoms with Crippen LogP contribution in [0.5, 0.6) is 0 Å². The molecule has 0 bridgehead atoms. The van der Waals surface area contributed by atoms with Crippen LogP contribution < -0.4 is 5.32 Å². The van der Waals surface area contributed by atoms with E-state index in [-0.39, 0.29) is 18.2 Å². The maximum atomic E-state index is 12.2. The van der Waals surface area contributed by atoms with Gasteiger partial charge in [-0.05, 0) is 49.6 Å². The van der Waals surface area contributed by atoms with Crippen molar-refractivity contribution in [2.45, 2.75) is 33.6 Å². The Morgan fingerprint density at radius 1 is 1.04 bits per heavy atom. The molecule has 1 N–H and O–H groups in total. The molecule has 138 valence electrons. The van der Waals surface area contributed by atoms with Gasteiger partial charge in [-0.1, -0.05) is 41.4 Å². The van der Waals surface area contributed by atoms with Gasteiger partial charge in [-0.15, -0.1) is 0 Å². The van der Waals surface area contributed by atoms with Gasteiger partial charge >= 0.3 is 0 Å². The van der Waals surface area contributed by atoms with Crippen molar-refractivity contribution < 1.29 is 9.59 Å². The number of benzene rings is 2. The molecule has 0 aliphatic heterocycles. The van der Waals surface area contributed by atoms with Crippen LogP contribution in [0.1, 0.15) is 30.0 Å². The van der Waals surface area contributed by atoms with E-state index in [1.807, 2.05) is 56.3 Å². The largest absolute Gasteiger partial charge is 0.342 e. The van der Waals surface area contributed by atoms with E-state index in [1.54, 1.807) is 4.90 Å². The number of hydrogen-bond acceptors (Lipinski definition) is 2. The van der Waals surface area contributed by atoms with Gasteiger partial charge in [0.25, 0.3) is 0 Å². The Kier molecular flexibility index (Phi) is 7.22. The summed E-state index contributed by atoms with van der Waals surface area (Å²) in [6, 6.07) is 13.5. The summed E-state index contributed by atoms with van der Waals surface area (Å²) in [5, 5.41) is 3.61. The normalized spacial score (nSPS) is 10.5. The second-order valence-corrected chi connectivity index (χ2v) is 6.94. The fourth-order valence-electron chi connectivity index (χ4n) is 2.74. The van der Waals surface area contributed by atoms with E-state index in [1.165, 1.54) is 6.92 Å². The molecule has 0 unspecified atom stereocenters. The fraction of sp³-hybridized carbons (Fsp3) is 0.333. The van der Waals surface area contributed by atoms with Crippen molar-refractivity contribution in [2.75, 3.05) is 18.4 Å². The molecule has 26 heavy (non-hydrogen) atoms. The summed E-state index contributed by atoms with van der Waals surface area (Å²) in [5.41, 5.74) is 4.12. The summed E-state index contributed by atoms with van der Waals surface area (Å²) in [5.74, 6) is -0.118. The molecule has 0 radical (unpaired) electrons. The highest BCUT2D eigenvalue weighted by molar-refractivity contribution is 6.30. The van der Waals surface area contributed by atoms with E-state index in [0.717, 1.165) is 28.8 Å². The average molecular weight is 373 g/mol. The molecule has 0 heterocycles. The topological polar surface area (TPSA) is 49.4 Å². The van der Waals surface area contributed by atoms with E-state index in [0.29, 0.717) is 18.1 Å². The molecule has 0 spiro atoms. The quantitative estimate of drug-likeness (QED) is 0.784. The van der Waals surface area contributed by atoms with Crippen LogP contribution in [-0.4, -0.2) is 29.8 Å². The van der Waals surface area contributed by atoms with Crippen LogP contribution in [0.2, 0.25) is 5.02 Å². The molecule has 0 atom stereocenters. The standard InChI is InChI=1S/C21H25ClN2O2/c1-15-4-9-20(16(2)14-15)23-21(26)11-13-24(17(3)25)12-10-18-5-7-19(22)8-6-18/h4-9,14H,10-13H2,1-3H3,(H,23,26). The lowest BCUT2D eigenvalue weighted by atomic mass is 10.1. The number of carbonyl (C=O) groups is 2. The minimum atomic E-state index is -0.0882. The van der Waals surface area contributed by atoms with E-state index >= 15 is 0 Å². The lowest BCUT2D eigenvalue weighted by molar-refractivity contribution is -0.129. The minimum Gasteiger partial charge on any atom is -0.342 e. The van der Waals surface area contributed by atoms with E-state index in [4.69, 9.17) is 11.6 Å². The van der Waals surface area contributed by atoms with Gasteiger partial charge in [0.15, 0.2) is 0 Å². The second kappa shape index (κ2) is 9.39. The van der Waals surface area contributed by atoms with Gasteiger partial charge in [0.2, 0.25) is 11.8 Å². The van der Waals surface area contributed by atoms with Gasteiger partial charge in [0.1, 0.15) is 0 Å².